The van der Waals surface area contributed by atoms with Crippen molar-refractivity contribution in [3.05, 3.63) is 0 Å². The summed E-state index contributed by atoms with van der Waals surface area (Å²) in [6.07, 6.45) is 5.84. The third-order valence-electron chi connectivity index (χ3n) is 2.30. The number of methoxy groups -OCH3 is 1. The van der Waals surface area contributed by atoms with E-state index in [1.165, 1.54) is 25.7 Å². The normalized spacial score (nSPS) is 36.7. The van der Waals surface area contributed by atoms with E-state index in [2.05, 4.69) is 6.92 Å². The van der Waals surface area contributed by atoms with Crippen LogP contribution in [0.2, 0.25) is 0 Å². The molecule has 1 aliphatic carbocycles. The molecule has 0 aromatic carbocycles. The second-order valence-corrected chi connectivity index (χ2v) is 3.12. The monoisotopic (exact) mass is 128 g/mol. The Labute approximate surface area is 57.4 Å². The highest BCUT2D eigenvalue weighted by Crippen LogP contribution is 2.24. The second-order valence-electron chi connectivity index (χ2n) is 3.12. The first kappa shape index (κ1) is 7.07. The van der Waals surface area contributed by atoms with Crippen LogP contribution in [0.15, 0.2) is 0 Å². The van der Waals surface area contributed by atoms with Gasteiger partial charge in [-0.05, 0) is 31.6 Å². The van der Waals surface area contributed by atoms with Gasteiger partial charge in [0.25, 0.3) is 0 Å². The van der Waals surface area contributed by atoms with Crippen molar-refractivity contribution in [3.63, 3.8) is 0 Å². The standard InChI is InChI=1S/C8H16O/c1-7-3-5-8(9-2)6-4-7/h7-8H,3-6H2,1-2H3/t7-,8-. The fourth-order valence-electron chi connectivity index (χ4n) is 1.47. The molecule has 1 aliphatic rings. The van der Waals surface area contributed by atoms with Crippen LogP contribution in [-0.2, 0) is 4.74 Å². The molecule has 54 valence electrons. The van der Waals surface area contributed by atoms with Gasteiger partial charge in [0.15, 0.2) is 0 Å². The molecular weight excluding hydrogens is 112 g/mol. The van der Waals surface area contributed by atoms with Gasteiger partial charge in [-0.15, -0.1) is 0 Å². The zero-order valence-electron chi connectivity index (χ0n) is 6.39. The summed E-state index contributed by atoms with van der Waals surface area (Å²) >= 11 is 0. The second kappa shape index (κ2) is 3.21. The Bertz CT molecular complexity index is 72.6. The van der Waals surface area contributed by atoms with E-state index >= 15 is 0 Å². The van der Waals surface area contributed by atoms with Crippen LogP contribution in [0.5, 0.6) is 0 Å². The molecule has 9 heavy (non-hydrogen) atoms. The van der Waals surface area contributed by atoms with Crippen LogP contribution in [0.3, 0.4) is 0 Å². The lowest BCUT2D eigenvalue weighted by Crippen LogP contribution is -2.18. The minimum atomic E-state index is 0.571. The quantitative estimate of drug-likeness (QED) is 0.526. The summed E-state index contributed by atoms with van der Waals surface area (Å²) in [5.41, 5.74) is 0. The van der Waals surface area contributed by atoms with E-state index in [9.17, 15) is 0 Å². The molecule has 0 heterocycles. The molecule has 1 rings (SSSR count). The zero-order valence-corrected chi connectivity index (χ0v) is 6.39. The van der Waals surface area contributed by atoms with E-state index in [1.54, 1.807) is 0 Å². The van der Waals surface area contributed by atoms with Crippen LogP contribution in [0, 0.1) is 5.92 Å². The first-order valence-electron chi connectivity index (χ1n) is 3.85. The lowest BCUT2D eigenvalue weighted by molar-refractivity contribution is 0.0593. The molecule has 1 nitrogen and oxygen atoms in total. The molecule has 0 amide bonds. The lowest BCUT2D eigenvalue weighted by atomic mass is 9.89. The Morgan fingerprint density at radius 1 is 1.11 bits per heavy atom. The highest BCUT2D eigenvalue weighted by atomic mass is 16.5. The van der Waals surface area contributed by atoms with Crippen molar-refractivity contribution >= 4 is 0 Å². The van der Waals surface area contributed by atoms with E-state index in [-0.39, 0.29) is 0 Å². The van der Waals surface area contributed by atoms with Gasteiger partial charge in [0.2, 0.25) is 0 Å². The number of hydrogen-bond donors (Lipinski definition) is 0. The van der Waals surface area contributed by atoms with Crippen LogP contribution >= 0.6 is 0 Å². The van der Waals surface area contributed by atoms with Gasteiger partial charge in [-0.1, -0.05) is 6.92 Å². The van der Waals surface area contributed by atoms with E-state index < -0.39 is 0 Å². The van der Waals surface area contributed by atoms with Crippen LogP contribution in [0.1, 0.15) is 32.6 Å². The molecule has 1 saturated carbocycles. The van der Waals surface area contributed by atoms with Gasteiger partial charge in [0.1, 0.15) is 0 Å². The van der Waals surface area contributed by atoms with Crippen LogP contribution in [-0.4, -0.2) is 13.2 Å². The zero-order chi connectivity index (χ0) is 6.69. The Hall–Kier alpha value is -0.0400. The summed E-state index contributed by atoms with van der Waals surface area (Å²) < 4.78 is 5.24. The summed E-state index contributed by atoms with van der Waals surface area (Å²) in [7, 11) is 1.82. The third-order valence-corrected chi connectivity index (χ3v) is 2.30. The van der Waals surface area contributed by atoms with Crippen molar-refractivity contribution in [3.8, 4) is 0 Å². The largest absolute Gasteiger partial charge is 0.381 e. The Balaban J connectivity index is 2.18. The average Bonchev–Trinajstić information content (AvgIpc) is 1.90. The minimum absolute atomic E-state index is 0.571. The number of hydrogen-bond acceptors (Lipinski definition) is 1. The van der Waals surface area contributed by atoms with Gasteiger partial charge in [-0.3, -0.25) is 0 Å². The van der Waals surface area contributed by atoms with Crippen LogP contribution in [0.25, 0.3) is 0 Å². The molecule has 1 fully saturated rings. The molecule has 0 bridgehead atoms. The lowest BCUT2D eigenvalue weighted by Gasteiger charge is -2.24. The molecule has 0 saturated heterocycles. The molecule has 0 atom stereocenters. The van der Waals surface area contributed by atoms with E-state index in [1.807, 2.05) is 7.11 Å². The molecule has 0 radical (unpaired) electrons. The van der Waals surface area contributed by atoms with Gasteiger partial charge < -0.3 is 4.74 Å². The predicted octanol–water partition coefficient (Wildman–Crippen LogP) is 2.21. The Morgan fingerprint density at radius 2 is 1.67 bits per heavy atom. The topological polar surface area (TPSA) is 9.23 Å². The predicted molar refractivity (Wildman–Crippen MR) is 38.4 cm³/mol. The van der Waals surface area contributed by atoms with Crippen molar-refractivity contribution in [2.24, 2.45) is 5.92 Å². The fraction of sp³-hybridized carbons (Fsp3) is 1.00. The smallest absolute Gasteiger partial charge is 0.0571 e. The Morgan fingerprint density at radius 3 is 2.11 bits per heavy atom. The third kappa shape index (κ3) is 1.98. The first-order chi connectivity index (χ1) is 4.33. The van der Waals surface area contributed by atoms with Crippen molar-refractivity contribution < 1.29 is 4.74 Å². The molecule has 0 unspecified atom stereocenters. The number of ether oxygens (including phenoxy) is 1. The maximum Gasteiger partial charge on any atom is 0.0571 e. The first-order valence-corrected chi connectivity index (χ1v) is 3.85. The minimum Gasteiger partial charge on any atom is -0.381 e. The summed E-state index contributed by atoms with van der Waals surface area (Å²) in [4.78, 5) is 0. The highest BCUT2D eigenvalue weighted by Gasteiger charge is 2.16. The summed E-state index contributed by atoms with van der Waals surface area (Å²) in [6, 6.07) is 0. The van der Waals surface area contributed by atoms with Gasteiger partial charge >= 0.3 is 0 Å². The van der Waals surface area contributed by atoms with Gasteiger partial charge in [-0.2, -0.15) is 0 Å². The fourth-order valence-corrected chi connectivity index (χ4v) is 1.47. The molecule has 0 aromatic heterocycles. The van der Waals surface area contributed by atoms with E-state index in [0.29, 0.717) is 6.10 Å². The highest BCUT2D eigenvalue weighted by molar-refractivity contribution is 4.68. The molecule has 0 N–H and O–H groups in total. The number of rotatable bonds is 1. The van der Waals surface area contributed by atoms with Crippen molar-refractivity contribution in [2.75, 3.05) is 7.11 Å². The summed E-state index contributed by atoms with van der Waals surface area (Å²) in [5, 5.41) is 0. The SMILES string of the molecule is CO[C@H]1CC[C@H](C)CC1. The van der Waals surface area contributed by atoms with Gasteiger partial charge in [0.05, 0.1) is 6.10 Å². The Kier molecular flexibility index (Phi) is 2.52. The maximum atomic E-state index is 5.24. The van der Waals surface area contributed by atoms with Crippen molar-refractivity contribution in [1.82, 2.24) is 0 Å². The molecule has 0 aliphatic heterocycles. The maximum absolute atomic E-state index is 5.24. The van der Waals surface area contributed by atoms with Gasteiger partial charge in [0, 0.05) is 7.11 Å². The van der Waals surface area contributed by atoms with E-state index in [4.69, 9.17) is 4.74 Å². The van der Waals surface area contributed by atoms with Crippen molar-refractivity contribution in [1.29, 1.82) is 0 Å². The molecule has 0 spiro atoms. The van der Waals surface area contributed by atoms with Crippen molar-refractivity contribution in [2.45, 2.75) is 38.7 Å². The van der Waals surface area contributed by atoms with Crippen LogP contribution < -0.4 is 0 Å². The summed E-state index contributed by atoms with van der Waals surface area (Å²) in [6.45, 7) is 2.33. The molecule has 1 heteroatoms. The summed E-state index contributed by atoms with van der Waals surface area (Å²) in [5.74, 6) is 0.941. The average molecular weight is 128 g/mol. The molecule has 0 aromatic rings. The van der Waals surface area contributed by atoms with E-state index in [0.717, 1.165) is 5.92 Å². The van der Waals surface area contributed by atoms with Crippen LogP contribution in [0.4, 0.5) is 0 Å². The molecular formula is C8H16O. The van der Waals surface area contributed by atoms with Gasteiger partial charge in [-0.25, -0.2) is 0 Å².